The number of amides is 2. The summed E-state index contributed by atoms with van der Waals surface area (Å²) < 4.78 is 29.3. The molecule has 0 aromatic heterocycles. The molecule has 164 valence electrons. The summed E-state index contributed by atoms with van der Waals surface area (Å²) >= 11 is 2.14. The molecule has 1 aliphatic rings. The van der Waals surface area contributed by atoms with Crippen molar-refractivity contribution in [2.24, 2.45) is 0 Å². The van der Waals surface area contributed by atoms with Crippen molar-refractivity contribution in [3.8, 4) is 0 Å². The van der Waals surface area contributed by atoms with Crippen molar-refractivity contribution in [3.05, 3.63) is 93.6 Å². The van der Waals surface area contributed by atoms with E-state index in [2.05, 4.69) is 22.6 Å². The quantitative estimate of drug-likeness (QED) is 0.336. The van der Waals surface area contributed by atoms with Crippen molar-refractivity contribution in [2.45, 2.75) is 30.8 Å². The number of nitrogens with zero attached hydrogens (tertiary/aromatic N) is 2. The number of aryl methyl sites for hydroxylation is 1. The third kappa shape index (κ3) is 4.48. The van der Waals surface area contributed by atoms with Gasteiger partial charge in [-0.2, -0.15) is 4.31 Å². The van der Waals surface area contributed by atoms with Crippen LogP contribution in [0.4, 0.5) is 5.69 Å². The minimum Gasteiger partial charge on any atom is -0.274 e. The second-order valence-corrected chi connectivity index (χ2v) is 10.7. The maximum Gasteiger partial charge on any atom is 0.252 e. The minimum absolute atomic E-state index is 0.0122. The van der Waals surface area contributed by atoms with Crippen LogP contribution < -0.4 is 4.90 Å². The maximum atomic E-state index is 13.6. The normalized spacial score (nSPS) is 16.7. The van der Waals surface area contributed by atoms with Gasteiger partial charge in [-0.15, -0.1) is 0 Å². The number of rotatable bonds is 6. The van der Waals surface area contributed by atoms with E-state index in [9.17, 15) is 18.0 Å². The van der Waals surface area contributed by atoms with Crippen molar-refractivity contribution in [2.75, 3.05) is 4.90 Å². The molecule has 1 heterocycles. The number of sulfonamides is 1. The lowest BCUT2D eigenvalue weighted by Gasteiger charge is -2.27. The largest absolute Gasteiger partial charge is 0.274 e. The van der Waals surface area contributed by atoms with Gasteiger partial charge >= 0.3 is 0 Å². The molecule has 2 amide bonds. The lowest BCUT2D eigenvalue weighted by atomic mass is 10.1. The summed E-state index contributed by atoms with van der Waals surface area (Å²) in [6.45, 7) is 1.93. The number of hydrogen-bond acceptors (Lipinski definition) is 4. The number of anilines is 1. The maximum absolute atomic E-state index is 13.6. The highest BCUT2D eigenvalue weighted by molar-refractivity contribution is 14.1. The first-order chi connectivity index (χ1) is 15.3. The van der Waals surface area contributed by atoms with Crippen molar-refractivity contribution in [3.63, 3.8) is 0 Å². The van der Waals surface area contributed by atoms with Crippen LogP contribution in [0.3, 0.4) is 0 Å². The van der Waals surface area contributed by atoms with Gasteiger partial charge < -0.3 is 0 Å². The predicted octanol–water partition coefficient (Wildman–Crippen LogP) is 4.12. The van der Waals surface area contributed by atoms with Crippen molar-refractivity contribution < 1.29 is 18.0 Å². The van der Waals surface area contributed by atoms with Gasteiger partial charge in [-0.25, -0.2) is 13.3 Å². The molecule has 32 heavy (non-hydrogen) atoms. The van der Waals surface area contributed by atoms with Gasteiger partial charge in [0.25, 0.3) is 5.91 Å². The average molecular weight is 560 g/mol. The topological polar surface area (TPSA) is 74.8 Å². The molecule has 6 nitrogen and oxygen atoms in total. The molecule has 1 aliphatic heterocycles. The zero-order valence-electron chi connectivity index (χ0n) is 17.3. The van der Waals surface area contributed by atoms with E-state index in [1.54, 1.807) is 42.5 Å². The van der Waals surface area contributed by atoms with Gasteiger partial charge in [0.2, 0.25) is 15.9 Å². The van der Waals surface area contributed by atoms with E-state index in [1.807, 2.05) is 31.2 Å². The van der Waals surface area contributed by atoms with E-state index in [0.29, 0.717) is 5.69 Å². The second-order valence-electron chi connectivity index (χ2n) is 7.61. The smallest absolute Gasteiger partial charge is 0.252 e. The Labute approximate surface area is 201 Å². The monoisotopic (exact) mass is 560 g/mol. The Kier molecular flexibility index (Phi) is 6.45. The van der Waals surface area contributed by atoms with Crippen LogP contribution >= 0.6 is 22.6 Å². The fourth-order valence-electron chi connectivity index (χ4n) is 3.67. The highest BCUT2D eigenvalue weighted by atomic mass is 127. The van der Waals surface area contributed by atoms with Gasteiger partial charge in [0.15, 0.2) is 0 Å². The summed E-state index contributed by atoms with van der Waals surface area (Å²) in [6.07, 6.45) is -0.206. The Morgan fingerprint density at radius 3 is 2.19 bits per heavy atom. The molecule has 1 atom stereocenters. The van der Waals surface area contributed by atoms with E-state index < -0.39 is 27.9 Å². The van der Waals surface area contributed by atoms with E-state index in [4.69, 9.17) is 0 Å². The van der Waals surface area contributed by atoms with E-state index in [-0.39, 0.29) is 17.9 Å². The molecule has 3 aromatic carbocycles. The molecule has 0 saturated carbocycles. The SMILES string of the molecule is Cc1ccc(CN(C2CC(=O)N(c3ccc(I)cc3)C2=O)S(=O)(=O)c2ccccc2)cc1. The lowest BCUT2D eigenvalue weighted by Crippen LogP contribution is -2.45. The van der Waals surface area contributed by atoms with Gasteiger partial charge in [0, 0.05) is 10.1 Å². The highest BCUT2D eigenvalue weighted by Crippen LogP contribution is 2.31. The van der Waals surface area contributed by atoms with Crippen LogP contribution in [0.2, 0.25) is 0 Å². The number of benzene rings is 3. The lowest BCUT2D eigenvalue weighted by molar-refractivity contribution is -0.122. The molecule has 4 rings (SSSR count). The van der Waals surface area contributed by atoms with Crippen LogP contribution in [0, 0.1) is 10.5 Å². The zero-order valence-corrected chi connectivity index (χ0v) is 20.3. The number of halogens is 1. The first-order valence-electron chi connectivity index (χ1n) is 10.0. The third-order valence-electron chi connectivity index (χ3n) is 5.36. The van der Waals surface area contributed by atoms with Crippen LogP contribution in [0.15, 0.2) is 83.8 Å². The number of carbonyl (C=O) groups is 2. The summed E-state index contributed by atoms with van der Waals surface area (Å²) in [5.74, 6) is -0.957. The number of hydrogen-bond donors (Lipinski definition) is 0. The van der Waals surface area contributed by atoms with E-state index in [0.717, 1.165) is 23.9 Å². The molecular formula is C24H21IN2O4S. The zero-order chi connectivity index (χ0) is 22.9. The van der Waals surface area contributed by atoms with Crippen LogP contribution in [0.5, 0.6) is 0 Å². The number of carbonyl (C=O) groups excluding carboxylic acids is 2. The molecule has 8 heteroatoms. The van der Waals surface area contributed by atoms with Crippen LogP contribution in [-0.4, -0.2) is 30.6 Å². The van der Waals surface area contributed by atoms with Crippen LogP contribution in [-0.2, 0) is 26.2 Å². The molecule has 0 N–H and O–H groups in total. The van der Waals surface area contributed by atoms with Gasteiger partial charge in [0.1, 0.15) is 6.04 Å². The van der Waals surface area contributed by atoms with Crippen LogP contribution in [0.25, 0.3) is 0 Å². The summed E-state index contributed by atoms with van der Waals surface area (Å²) in [5.41, 5.74) is 2.22. The second kappa shape index (κ2) is 9.13. The molecule has 3 aromatic rings. The molecule has 1 unspecified atom stereocenters. The molecule has 0 spiro atoms. The van der Waals surface area contributed by atoms with Crippen LogP contribution in [0.1, 0.15) is 17.5 Å². The van der Waals surface area contributed by atoms with E-state index in [1.165, 1.54) is 12.1 Å². The molecule has 0 aliphatic carbocycles. The summed E-state index contributed by atoms with van der Waals surface area (Å²) in [5, 5.41) is 0. The third-order valence-corrected chi connectivity index (χ3v) is 7.95. The Morgan fingerprint density at radius 1 is 0.938 bits per heavy atom. The van der Waals surface area contributed by atoms with Gasteiger partial charge in [-0.1, -0.05) is 48.0 Å². The standard InChI is InChI=1S/C24H21IN2O4S/c1-17-7-9-18(10-8-17)16-26(32(30,31)21-5-3-2-4-6-21)22-15-23(28)27(24(22)29)20-13-11-19(25)12-14-20/h2-14,22H,15-16H2,1H3. The Bertz CT molecular complexity index is 1240. The molecule has 1 fully saturated rings. The van der Waals surface area contributed by atoms with Gasteiger partial charge in [0.05, 0.1) is 17.0 Å². The summed E-state index contributed by atoms with van der Waals surface area (Å²) in [4.78, 5) is 27.4. The summed E-state index contributed by atoms with van der Waals surface area (Å²) in [6, 6.07) is 21.3. The van der Waals surface area contributed by atoms with Gasteiger partial charge in [-0.05, 0) is 71.5 Å². The molecule has 0 radical (unpaired) electrons. The fourth-order valence-corrected chi connectivity index (χ4v) is 5.62. The molecule has 0 bridgehead atoms. The van der Waals surface area contributed by atoms with Crippen molar-refractivity contribution in [1.29, 1.82) is 0 Å². The molecular weight excluding hydrogens is 539 g/mol. The van der Waals surface area contributed by atoms with E-state index >= 15 is 0 Å². The van der Waals surface area contributed by atoms with Crippen molar-refractivity contribution >= 4 is 50.1 Å². The average Bonchev–Trinajstić information content (AvgIpc) is 3.08. The molecule has 1 saturated heterocycles. The minimum atomic E-state index is -4.03. The van der Waals surface area contributed by atoms with Gasteiger partial charge in [-0.3, -0.25) is 9.59 Å². The first kappa shape index (κ1) is 22.6. The Hall–Kier alpha value is -2.56. The predicted molar refractivity (Wildman–Crippen MR) is 130 cm³/mol. The highest BCUT2D eigenvalue weighted by Gasteiger charge is 2.46. The summed E-state index contributed by atoms with van der Waals surface area (Å²) in [7, 11) is -4.03. The van der Waals surface area contributed by atoms with Crippen molar-refractivity contribution in [1.82, 2.24) is 4.31 Å². The first-order valence-corrected chi connectivity index (χ1v) is 12.5. The number of imide groups is 1. The fraction of sp³-hybridized carbons (Fsp3) is 0.167. The Balaban J connectivity index is 1.74. The Morgan fingerprint density at radius 2 is 1.56 bits per heavy atom.